The van der Waals surface area contributed by atoms with Gasteiger partial charge < -0.3 is 4.74 Å². The average molecular weight is 308 g/mol. The first kappa shape index (κ1) is 14.8. The van der Waals surface area contributed by atoms with E-state index in [1.165, 1.54) is 6.08 Å². The van der Waals surface area contributed by atoms with Crippen LogP contribution >= 0.6 is 22.9 Å². The number of rotatable bonds is 5. The summed E-state index contributed by atoms with van der Waals surface area (Å²) in [7, 11) is 0. The quantitative estimate of drug-likeness (QED) is 0.616. The first-order valence-electron chi connectivity index (χ1n) is 6.21. The van der Waals surface area contributed by atoms with Gasteiger partial charge in [0.15, 0.2) is 0 Å². The van der Waals surface area contributed by atoms with E-state index in [1.807, 2.05) is 24.4 Å². The maximum atomic E-state index is 11.6. The molecule has 0 aliphatic heterocycles. The second-order valence-corrected chi connectivity index (χ2v) is 5.46. The number of benzene rings is 1. The molecule has 0 saturated heterocycles. The monoisotopic (exact) mass is 307 g/mol. The van der Waals surface area contributed by atoms with Gasteiger partial charge >= 0.3 is 5.97 Å². The van der Waals surface area contributed by atoms with Crippen molar-refractivity contribution in [1.29, 1.82) is 0 Å². The first-order chi connectivity index (χ1) is 9.67. The van der Waals surface area contributed by atoms with Crippen LogP contribution in [-0.4, -0.2) is 11.0 Å². The molecule has 1 aromatic carbocycles. The Hall–Kier alpha value is -1.65. The SMILES string of the molecule is CCc1nc(COC(=O)/C=C/c2cccc(Cl)c2)cs1. The smallest absolute Gasteiger partial charge is 0.331 e. The van der Waals surface area contributed by atoms with Crippen LogP contribution in [0, 0.1) is 0 Å². The van der Waals surface area contributed by atoms with Crippen LogP contribution < -0.4 is 0 Å². The molecule has 2 rings (SSSR count). The highest BCUT2D eigenvalue weighted by Gasteiger charge is 2.03. The zero-order chi connectivity index (χ0) is 14.4. The summed E-state index contributed by atoms with van der Waals surface area (Å²) in [6.45, 7) is 2.25. The Bertz CT molecular complexity index is 622. The molecule has 0 unspecified atom stereocenters. The van der Waals surface area contributed by atoms with Crippen molar-refractivity contribution in [2.45, 2.75) is 20.0 Å². The maximum Gasteiger partial charge on any atom is 0.331 e. The Morgan fingerprint density at radius 1 is 1.50 bits per heavy atom. The molecule has 0 bridgehead atoms. The molecule has 0 spiro atoms. The van der Waals surface area contributed by atoms with Gasteiger partial charge in [-0.15, -0.1) is 11.3 Å². The van der Waals surface area contributed by atoms with Crippen LogP contribution in [0.1, 0.15) is 23.2 Å². The Morgan fingerprint density at radius 2 is 2.35 bits per heavy atom. The topological polar surface area (TPSA) is 39.2 Å². The van der Waals surface area contributed by atoms with Crippen molar-refractivity contribution in [3.05, 3.63) is 57.0 Å². The summed E-state index contributed by atoms with van der Waals surface area (Å²) in [5.41, 5.74) is 1.65. The molecule has 0 aliphatic carbocycles. The van der Waals surface area contributed by atoms with E-state index in [0.29, 0.717) is 5.02 Å². The minimum Gasteiger partial charge on any atom is -0.456 e. The number of hydrogen-bond donors (Lipinski definition) is 0. The van der Waals surface area contributed by atoms with Gasteiger partial charge in [-0.1, -0.05) is 30.7 Å². The third-order valence-corrected chi connectivity index (χ3v) is 3.80. The standard InChI is InChI=1S/C15H14ClNO2S/c1-2-14-17-13(10-20-14)9-19-15(18)7-6-11-4-3-5-12(16)8-11/h3-8,10H,2,9H2,1H3/b7-6+. The van der Waals surface area contributed by atoms with Gasteiger partial charge in [-0.3, -0.25) is 0 Å². The van der Waals surface area contributed by atoms with Crippen LogP contribution in [0.4, 0.5) is 0 Å². The van der Waals surface area contributed by atoms with Crippen LogP contribution in [0.5, 0.6) is 0 Å². The van der Waals surface area contributed by atoms with Crippen LogP contribution in [0.2, 0.25) is 5.02 Å². The minimum atomic E-state index is -0.393. The number of carbonyl (C=O) groups excluding carboxylic acids is 1. The number of halogens is 1. The third-order valence-electron chi connectivity index (χ3n) is 2.52. The van der Waals surface area contributed by atoms with Crippen LogP contribution in [-0.2, 0) is 22.6 Å². The first-order valence-corrected chi connectivity index (χ1v) is 7.47. The molecule has 1 aromatic heterocycles. The van der Waals surface area contributed by atoms with E-state index in [1.54, 1.807) is 29.5 Å². The minimum absolute atomic E-state index is 0.204. The molecule has 2 aromatic rings. The summed E-state index contributed by atoms with van der Waals surface area (Å²) in [4.78, 5) is 15.9. The lowest BCUT2D eigenvalue weighted by Crippen LogP contribution is -2.01. The molecule has 1 heterocycles. The Labute approximate surface area is 126 Å². The predicted octanol–water partition coefficient (Wildman–Crippen LogP) is 4.12. The number of ether oxygens (including phenoxy) is 1. The molecular formula is C15H14ClNO2S. The van der Waals surface area contributed by atoms with Crippen LogP contribution in [0.25, 0.3) is 6.08 Å². The Morgan fingerprint density at radius 3 is 3.05 bits per heavy atom. The molecule has 20 heavy (non-hydrogen) atoms. The van der Waals surface area contributed by atoms with Gasteiger partial charge in [0, 0.05) is 16.5 Å². The second-order valence-electron chi connectivity index (χ2n) is 4.08. The summed E-state index contributed by atoms with van der Waals surface area (Å²) in [5.74, 6) is -0.393. The number of thiazole rings is 1. The van der Waals surface area contributed by atoms with E-state index < -0.39 is 5.97 Å². The molecule has 3 nitrogen and oxygen atoms in total. The Kier molecular flexibility index (Phi) is 5.32. The predicted molar refractivity (Wildman–Crippen MR) is 81.8 cm³/mol. The third kappa shape index (κ3) is 4.47. The van der Waals surface area contributed by atoms with Crippen molar-refractivity contribution < 1.29 is 9.53 Å². The normalized spacial score (nSPS) is 10.9. The molecule has 0 N–H and O–H groups in total. The van der Waals surface area contributed by atoms with E-state index in [9.17, 15) is 4.79 Å². The number of aryl methyl sites for hydroxylation is 1. The number of esters is 1. The maximum absolute atomic E-state index is 11.6. The van der Waals surface area contributed by atoms with Crippen molar-refractivity contribution >= 4 is 35.0 Å². The van der Waals surface area contributed by atoms with Gasteiger partial charge in [-0.25, -0.2) is 9.78 Å². The van der Waals surface area contributed by atoms with Gasteiger partial charge in [-0.05, 0) is 30.2 Å². The summed E-state index contributed by atoms with van der Waals surface area (Å²) in [6, 6.07) is 7.25. The van der Waals surface area contributed by atoms with E-state index in [2.05, 4.69) is 4.98 Å². The number of aromatic nitrogens is 1. The molecule has 0 fully saturated rings. The number of hydrogen-bond acceptors (Lipinski definition) is 4. The zero-order valence-corrected chi connectivity index (χ0v) is 12.6. The van der Waals surface area contributed by atoms with E-state index in [-0.39, 0.29) is 6.61 Å². The summed E-state index contributed by atoms with van der Waals surface area (Å²) in [6.07, 6.45) is 3.96. The van der Waals surface area contributed by atoms with E-state index in [4.69, 9.17) is 16.3 Å². The largest absolute Gasteiger partial charge is 0.456 e. The summed E-state index contributed by atoms with van der Waals surface area (Å²) >= 11 is 7.44. The fourth-order valence-electron chi connectivity index (χ4n) is 1.55. The molecular weight excluding hydrogens is 294 g/mol. The lowest BCUT2D eigenvalue weighted by molar-refractivity contribution is -0.139. The highest BCUT2D eigenvalue weighted by molar-refractivity contribution is 7.09. The van der Waals surface area contributed by atoms with Crippen molar-refractivity contribution in [3.8, 4) is 0 Å². The number of carbonyl (C=O) groups is 1. The Balaban J connectivity index is 1.86. The number of nitrogens with zero attached hydrogens (tertiary/aromatic N) is 1. The lowest BCUT2D eigenvalue weighted by Gasteiger charge is -1.98. The van der Waals surface area contributed by atoms with Crippen molar-refractivity contribution in [2.75, 3.05) is 0 Å². The summed E-state index contributed by atoms with van der Waals surface area (Å²) < 4.78 is 5.12. The highest BCUT2D eigenvalue weighted by Crippen LogP contribution is 2.13. The van der Waals surface area contributed by atoms with Gasteiger partial charge in [0.05, 0.1) is 10.7 Å². The molecule has 104 valence electrons. The van der Waals surface area contributed by atoms with E-state index >= 15 is 0 Å². The molecule has 0 amide bonds. The second kappa shape index (κ2) is 7.22. The molecule has 0 aliphatic rings. The molecule has 0 atom stereocenters. The average Bonchev–Trinajstić information content (AvgIpc) is 2.91. The van der Waals surface area contributed by atoms with Crippen molar-refractivity contribution in [1.82, 2.24) is 4.98 Å². The summed E-state index contributed by atoms with van der Waals surface area (Å²) in [5, 5.41) is 3.59. The molecule has 0 radical (unpaired) electrons. The van der Waals surface area contributed by atoms with Crippen molar-refractivity contribution in [3.63, 3.8) is 0 Å². The fourth-order valence-corrected chi connectivity index (χ4v) is 2.47. The lowest BCUT2D eigenvalue weighted by atomic mass is 10.2. The van der Waals surface area contributed by atoms with Crippen molar-refractivity contribution in [2.24, 2.45) is 0 Å². The van der Waals surface area contributed by atoms with Gasteiger partial charge in [0.25, 0.3) is 0 Å². The van der Waals surface area contributed by atoms with Crippen LogP contribution in [0.3, 0.4) is 0 Å². The van der Waals surface area contributed by atoms with E-state index in [0.717, 1.165) is 22.7 Å². The fraction of sp³-hybridized carbons (Fsp3) is 0.200. The van der Waals surface area contributed by atoms with Gasteiger partial charge in [0.2, 0.25) is 0 Å². The zero-order valence-electron chi connectivity index (χ0n) is 11.0. The molecule has 0 saturated carbocycles. The van der Waals surface area contributed by atoms with Crippen LogP contribution in [0.15, 0.2) is 35.7 Å². The highest BCUT2D eigenvalue weighted by atomic mass is 35.5. The van der Waals surface area contributed by atoms with Gasteiger partial charge in [-0.2, -0.15) is 0 Å². The van der Waals surface area contributed by atoms with Gasteiger partial charge in [0.1, 0.15) is 6.61 Å². The molecule has 5 heteroatoms.